The topological polar surface area (TPSA) is 105 Å². The highest BCUT2D eigenvalue weighted by Crippen LogP contribution is 2.38. The van der Waals surface area contributed by atoms with Gasteiger partial charge in [-0.15, -0.1) is 0 Å². The lowest BCUT2D eigenvalue weighted by atomic mass is 9.77. The van der Waals surface area contributed by atoms with Gasteiger partial charge in [0.15, 0.2) is 0 Å². The maximum absolute atomic E-state index is 12.5. The number of hydrogen-bond donors (Lipinski definition) is 2. The molecule has 0 saturated carbocycles. The molecule has 8 nitrogen and oxygen atoms in total. The average molecular weight is 348 g/mol. The highest BCUT2D eigenvalue weighted by molar-refractivity contribution is 5.93. The summed E-state index contributed by atoms with van der Waals surface area (Å²) in [6.07, 6.45) is 4.85. The molecule has 2 aliphatic rings. The van der Waals surface area contributed by atoms with Gasteiger partial charge in [-0.3, -0.25) is 9.59 Å². The summed E-state index contributed by atoms with van der Waals surface area (Å²) >= 11 is 0. The summed E-state index contributed by atoms with van der Waals surface area (Å²) in [5.41, 5.74) is -0.982. The lowest BCUT2D eigenvalue weighted by Crippen LogP contribution is -2.63. The molecule has 1 aromatic rings. The van der Waals surface area contributed by atoms with Crippen LogP contribution in [0.25, 0.3) is 0 Å². The van der Waals surface area contributed by atoms with Crippen molar-refractivity contribution in [3.05, 3.63) is 24.0 Å². The first-order chi connectivity index (χ1) is 11.8. The third-order valence-electron chi connectivity index (χ3n) is 5.17. The van der Waals surface area contributed by atoms with Crippen LogP contribution in [0.1, 0.15) is 43.5 Å². The molecule has 0 bridgehead atoms. The Morgan fingerprint density at radius 2 is 2.08 bits per heavy atom. The molecule has 136 valence electrons. The average Bonchev–Trinajstić information content (AvgIpc) is 2.59. The van der Waals surface area contributed by atoms with Crippen LogP contribution in [0.4, 0.5) is 0 Å². The van der Waals surface area contributed by atoms with Crippen molar-refractivity contribution >= 4 is 11.8 Å². The van der Waals surface area contributed by atoms with Crippen molar-refractivity contribution in [3.8, 4) is 0 Å². The Bertz CT molecular complexity index is 641. The molecule has 1 spiro atoms. The van der Waals surface area contributed by atoms with Crippen molar-refractivity contribution in [3.63, 3.8) is 0 Å². The van der Waals surface area contributed by atoms with Gasteiger partial charge in [0.1, 0.15) is 5.60 Å². The molecule has 2 amide bonds. The van der Waals surface area contributed by atoms with E-state index >= 15 is 0 Å². The Balaban J connectivity index is 1.65. The largest absolute Gasteiger partial charge is 0.386 e. The number of nitrogens with one attached hydrogen (secondary N) is 1. The SMILES string of the molecule is CC(=O)N[C@H]1CC2(CCN(C(=O)c3ccnnc3)CC2)OC[C@]1(C)O. The van der Waals surface area contributed by atoms with Crippen molar-refractivity contribution in [2.45, 2.75) is 50.4 Å². The van der Waals surface area contributed by atoms with Gasteiger partial charge in [0.2, 0.25) is 5.91 Å². The molecule has 0 aliphatic carbocycles. The Labute approximate surface area is 146 Å². The standard InChI is InChI=1S/C17H24N4O4/c1-12(22)20-14-9-17(25-11-16(14,2)24)4-7-21(8-5-17)15(23)13-3-6-18-19-10-13/h3,6,10,14,24H,4-5,7-9,11H2,1-2H3,(H,20,22)/t14-,16-/m0/s1. The highest BCUT2D eigenvalue weighted by Gasteiger charge is 2.49. The summed E-state index contributed by atoms with van der Waals surface area (Å²) in [5.74, 6) is -0.230. The van der Waals surface area contributed by atoms with Gasteiger partial charge in [-0.2, -0.15) is 10.2 Å². The molecule has 1 aromatic heterocycles. The van der Waals surface area contributed by atoms with Gasteiger partial charge < -0.3 is 20.1 Å². The van der Waals surface area contributed by atoms with Gasteiger partial charge in [0.05, 0.1) is 36.2 Å². The lowest BCUT2D eigenvalue weighted by molar-refractivity contribution is -0.191. The number of piperidine rings is 1. The van der Waals surface area contributed by atoms with Crippen LogP contribution in [0, 0.1) is 0 Å². The number of amides is 2. The molecular weight excluding hydrogens is 324 g/mol. The van der Waals surface area contributed by atoms with Crippen LogP contribution in [0.2, 0.25) is 0 Å². The number of aliphatic hydroxyl groups is 1. The van der Waals surface area contributed by atoms with Crippen molar-refractivity contribution in [2.24, 2.45) is 0 Å². The molecular formula is C17H24N4O4. The molecule has 2 fully saturated rings. The fourth-order valence-corrected chi connectivity index (χ4v) is 3.57. The normalized spacial score (nSPS) is 28.6. The lowest BCUT2D eigenvalue weighted by Gasteiger charge is -2.50. The van der Waals surface area contributed by atoms with Crippen molar-refractivity contribution < 1.29 is 19.4 Å². The predicted molar refractivity (Wildman–Crippen MR) is 88.7 cm³/mol. The van der Waals surface area contributed by atoms with E-state index in [0.29, 0.717) is 37.9 Å². The third kappa shape index (κ3) is 3.80. The minimum atomic E-state index is -1.09. The molecule has 0 aromatic carbocycles. The number of carbonyl (C=O) groups excluding carboxylic acids is 2. The van der Waals surface area contributed by atoms with E-state index in [9.17, 15) is 14.7 Å². The molecule has 0 unspecified atom stereocenters. The molecule has 3 heterocycles. The zero-order chi connectivity index (χ0) is 18.1. The Hall–Kier alpha value is -2.06. The minimum absolute atomic E-state index is 0.0639. The molecule has 3 rings (SSSR count). The molecule has 2 N–H and O–H groups in total. The quantitative estimate of drug-likeness (QED) is 0.787. The number of likely N-dealkylation sites (tertiary alicyclic amines) is 1. The van der Waals surface area contributed by atoms with E-state index in [0.717, 1.165) is 0 Å². The molecule has 0 radical (unpaired) electrons. The van der Waals surface area contributed by atoms with Crippen molar-refractivity contribution in [1.82, 2.24) is 20.4 Å². The molecule has 2 atom stereocenters. The molecule has 25 heavy (non-hydrogen) atoms. The monoisotopic (exact) mass is 348 g/mol. The zero-order valence-electron chi connectivity index (χ0n) is 14.6. The molecule has 2 saturated heterocycles. The second-order valence-corrected chi connectivity index (χ2v) is 7.21. The van der Waals surface area contributed by atoms with E-state index in [4.69, 9.17) is 4.74 Å². The molecule has 8 heteroatoms. The second-order valence-electron chi connectivity index (χ2n) is 7.21. The predicted octanol–water partition coefficient (Wildman–Crippen LogP) is 0.127. The van der Waals surface area contributed by atoms with E-state index in [1.165, 1.54) is 19.3 Å². The van der Waals surface area contributed by atoms with Crippen molar-refractivity contribution in [2.75, 3.05) is 19.7 Å². The summed E-state index contributed by atoms with van der Waals surface area (Å²) in [4.78, 5) is 25.7. The van der Waals surface area contributed by atoms with Gasteiger partial charge in [-0.1, -0.05) is 0 Å². The van der Waals surface area contributed by atoms with Crippen LogP contribution in [0.5, 0.6) is 0 Å². The maximum Gasteiger partial charge on any atom is 0.255 e. The number of rotatable bonds is 2. The maximum atomic E-state index is 12.5. The van der Waals surface area contributed by atoms with Gasteiger partial charge in [-0.05, 0) is 32.3 Å². The Morgan fingerprint density at radius 1 is 1.36 bits per heavy atom. The number of aromatic nitrogens is 2. The zero-order valence-corrected chi connectivity index (χ0v) is 14.6. The summed E-state index contributed by atoms with van der Waals surface area (Å²) in [6, 6.07) is 1.30. The van der Waals surface area contributed by atoms with E-state index in [1.54, 1.807) is 17.9 Å². The number of carbonyl (C=O) groups is 2. The first kappa shape index (κ1) is 17.8. The summed E-state index contributed by atoms with van der Waals surface area (Å²) in [6.45, 7) is 4.42. The number of nitrogens with zero attached hydrogens (tertiary/aromatic N) is 3. The fourth-order valence-electron chi connectivity index (χ4n) is 3.57. The first-order valence-corrected chi connectivity index (χ1v) is 8.51. The van der Waals surface area contributed by atoms with Gasteiger partial charge in [0, 0.05) is 20.0 Å². The van der Waals surface area contributed by atoms with Gasteiger partial charge in [0.25, 0.3) is 5.91 Å². The molecule has 2 aliphatic heterocycles. The van der Waals surface area contributed by atoms with Crippen molar-refractivity contribution in [1.29, 1.82) is 0 Å². The fraction of sp³-hybridized carbons (Fsp3) is 0.647. The van der Waals surface area contributed by atoms with Crippen LogP contribution < -0.4 is 5.32 Å². The van der Waals surface area contributed by atoms with Gasteiger partial charge >= 0.3 is 0 Å². The van der Waals surface area contributed by atoms with Crippen LogP contribution in [-0.4, -0.2) is 69.0 Å². The highest BCUT2D eigenvalue weighted by atomic mass is 16.5. The Kier molecular flexibility index (Phi) is 4.75. The third-order valence-corrected chi connectivity index (χ3v) is 5.17. The van der Waals surface area contributed by atoms with Gasteiger partial charge in [-0.25, -0.2) is 0 Å². The minimum Gasteiger partial charge on any atom is -0.386 e. The number of ether oxygens (including phenoxy) is 1. The Morgan fingerprint density at radius 3 is 2.68 bits per heavy atom. The van der Waals surface area contributed by atoms with E-state index in [1.807, 2.05) is 0 Å². The first-order valence-electron chi connectivity index (χ1n) is 8.51. The van der Waals surface area contributed by atoms with Crippen LogP contribution in [-0.2, 0) is 9.53 Å². The second kappa shape index (κ2) is 6.68. The van der Waals surface area contributed by atoms with E-state index < -0.39 is 11.2 Å². The summed E-state index contributed by atoms with van der Waals surface area (Å²) in [7, 11) is 0. The van der Waals surface area contributed by atoms with E-state index in [-0.39, 0.29) is 24.5 Å². The van der Waals surface area contributed by atoms with Crippen LogP contribution in [0.15, 0.2) is 18.5 Å². The smallest absolute Gasteiger partial charge is 0.255 e. The van der Waals surface area contributed by atoms with E-state index in [2.05, 4.69) is 15.5 Å². The van der Waals surface area contributed by atoms with Crippen LogP contribution >= 0.6 is 0 Å². The van der Waals surface area contributed by atoms with Crippen LogP contribution in [0.3, 0.4) is 0 Å². The summed E-state index contributed by atoms with van der Waals surface area (Å²) < 4.78 is 6.01. The number of hydrogen-bond acceptors (Lipinski definition) is 6. The summed E-state index contributed by atoms with van der Waals surface area (Å²) in [5, 5.41) is 20.7.